The third-order valence-electron chi connectivity index (χ3n) is 5.45. The predicted octanol–water partition coefficient (Wildman–Crippen LogP) is 6.94. The van der Waals surface area contributed by atoms with Crippen LogP contribution in [0.25, 0.3) is 0 Å². The maximum atomic E-state index is 13.2. The van der Waals surface area contributed by atoms with Gasteiger partial charge in [0.25, 0.3) is 0 Å². The van der Waals surface area contributed by atoms with Crippen molar-refractivity contribution in [1.29, 1.82) is 0 Å². The maximum Gasteiger partial charge on any atom is 0.249 e. The maximum absolute atomic E-state index is 13.2. The molecule has 0 bridgehead atoms. The molecule has 2 aromatic rings. The summed E-state index contributed by atoms with van der Waals surface area (Å²) >= 11 is 14.3. The number of morpholine rings is 1. The second kappa shape index (κ2) is 10.4. The molecule has 1 amide bonds. The highest BCUT2D eigenvalue weighted by Gasteiger charge is 2.43. The third-order valence-corrected chi connectivity index (χ3v) is 7.23. The van der Waals surface area contributed by atoms with Crippen molar-refractivity contribution in [2.24, 2.45) is 0 Å². The average Bonchev–Trinajstić information content (AvgIpc) is 2.70. The van der Waals surface area contributed by atoms with Crippen molar-refractivity contribution in [3.8, 4) is 0 Å². The van der Waals surface area contributed by atoms with Gasteiger partial charge < -0.3 is 9.64 Å². The molecule has 1 fully saturated rings. The molecule has 0 spiro atoms. The molecule has 3 nitrogen and oxygen atoms in total. The van der Waals surface area contributed by atoms with E-state index in [9.17, 15) is 4.79 Å². The van der Waals surface area contributed by atoms with Crippen LogP contribution in [0.4, 0.5) is 0 Å². The Kier molecular flexibility index (Phi) is 8.14. The second-order valence-corrected chi connectivity index (χ2v) is 10.8. The number of hydrogen-bond acceptors (Lipinski definition) is 3. The molecule has 0 N–H and O–H groups in total. The van der Waals surface area contributed by atoms with Crippen LogP contribution in [-0.4, -0.2) is 34.0 Å². The zero-order valence-electron chi connectivity index (χ0n) is 17.8. The fourth-order valence-electron chi connectivity index (χ4n) is 4.25. The van der Waals surface area contributed by atoms with Gasteiger partial charge in [0, 0.05) is 21.3 Å². The zero-order valence-corrected chi connectivity index (χ0v) is 20.2. The van der Waals surface area contributed by atoms with Gasteiger partial charge >= 0.3 is 0 Å². The van der Waals surface area contributed by atoms with Crippen molar-refractivity contribution >= 4 is 40.9 Å². The second-order valence-electron chi connectivity index (χ2n) is 7.95. The first kappa shape index (κ1) is 23.5. The fourth-order valence-corrected chi connectivity index (χ4v) is 5.94. The van der Waals surface area contributed by atoms with Crippen LogP contribution in [-0.2, 0) is 9.53 Å². The Morgan fingerprint density at radius 3 is 2.37 bits per heavy atom. The molecule has 4 unspecified atom stereocenters. The van der Waals surface area contributed by atoms with Crippen molar-refractivity contribution in [3.05, 3.63) is 69.7 Å². The van der Waals surface area contributed by atoms with Crippen LogP contribution in [0.3, 0.4) is 0 Å². The summed E-state index contributed by atoms with van der Waals surface area (Å²) in [7, 11) is 0. The van der Waals surface area contributed by atoms with Gasteiger partial charge in [0.1, 0.15) is 12.7 Å². The van der Waals surface area contributed by atoms with Gasteiger partial charge in [-0.15, -0.1) is 0 Å². The lowest BCUT2D eigenvalue weighted by Gasteiger charge is -2.47. The van der Waals surface area contributed by atoms with E-state index >= 15 is 0 Å². The van der Waals surface area contributed by atoms with Crippen LogP contribution < -0.4 is 0 Å². The minimum absolute atomic E-state index is 0.0243. The molecule has 30 heavy (non-hydrogen) atoms. The van der Waals surface area contributed by atoms with E-state index in [-0.39, 0.29) is 30.7 Å². The Hall–Kier alpha value is -1.20. The number of hydrogen-bond donors (Lipinski definition) is 0. The molecule has 0 aromatic heterocycles. The predicted molar refractivity (Wildman–Crippen MR) is 127 cm³/mol. The largest absolute Gasteiger partial charge is 0.361 e. The Balaban J connectivity index is 2.08. The molecule has 3 rings (SSSR count). The summed E-state index contributed by atoms with van der Waals surface area (Å²) in [5.74, 6) is 0.0243. The van der Waals surface area contributed by atoms with Gasteiger partial charge in [-0.3, -0.25) is 4.79 Å². The molecule has 1 aliphatic heterocycles. The van der Waals surface area contributed by atoms with Gasteiger partial charge in [-0.05, 0) is 47.1 Å². The highest BCUT2D eigenvalue weighted by atomic mass is 35.5. The van der Waals surface area contributed by atoms with Gasteiger partial charge in [0.15, 0.2) is 0 Å². The number of amides is 1. The lowest BCUT2D eigenvalue weighted by Crippen LogP contribution is -2.53. The first-order valence-corrected chi connectivity index (χ1v) is 12.1. The van der Waals surface area contributed by atoms with Crippen molar-refractivity contribution in [2.75, 3.05) is 6.61 Å². The lowest BCUT2D eigenvalue weighted by atomic mass is 9.90. The summed E-state index contributed by atoms with van der Waals surface area (Å²) in [6.45, 7) is 8.82. The quantitative estimate of drug-likeness (QED) is 0.443. The molecule has 6 heteroatoms. The highest BCUT2D eigenvalue weighted by Crippen LogP contribution is 2.43. The van der Waals surface area contributed by atoms with E-state index < -0.39 is 0 Å². The van der Waals surface area contributed by atoms with Gasteiger partial charge in [0.2, 0.25) is 5.91 Å². The Morgan fingerprint density at radius 1 is 1.07 bits per heavy atom. The summed E-state index contributed by atoms with van der Waals surface area (Å²) in [5.41, 5.74) is 1.98. The van der Waals surface area contributed by atoms with Crippen LogP contribution in [0.1, 0.15) is 57.4 Å². The van der Waals surface area contributed by atoms with Crippen LogP contribution in [0, 0.1) is 0 Å². The average molecular weight is 466 g/mol. The molecule has 0 aliphatic carbocycles. The molecular formula is C24H29Cl2NO2S. The number of thioether (sulfide) groups is 1. The molecule has 162 valence electrons. The lowest BCUT2D eigenvalue weighted by molar-refractivity contribution is -0.163. The summed E-state index contributed by atoms with van der Waals surface area (Å²) in [6, 6.07) is 15.3. The molecule has 4 atom stereocenters. The summed E-state index contributed by atoms with van der Waals surface area (Å²) in [4.78, 5) is 15.3. The Bertz CT molecular complexity index is 859. The van der Waals surface area contributed by atoms with E-state index in [1.807, 2.05) is 60.3 Å². The van der Waals surface area contributed by atoms with Gasteiger partial charge in [-0.2, -0.15) is 11.8 Å². The van der Waals surface area contributed by atoms with Crippen LogP contribution in [0.5, 0.6) is 0 Å². The number of carbonyl (C=O) groups excluding carboxylic acids is 1. The number of carbonyl (C=O) groups is 1. The smallest absolute Gasteiger partial charge is 0.249 e. The van der Waals surface area contributed by atoms with E-state index in [0.717, 1.165) is 17.5 Å². The van der Waals surface area contributed by atoms with Crippen molar-refractivity contribution in [2.45, 2.75) is 62.8 Å². The number of rotatable bonds is 7. The fraction of sp³-hybridized carbons (Fsp3) is 0.458. The number of nitrogens with zero attached hydrogens (tertiary/aromatic N) is 1. The van der Waals surface area contributed by atoms with Gasteiger partial charge in [-0.25, -0.2) is 0 Å². The van der Waals surface area contributed by atoms with Crippen molar-refractivity contribution in [3.63, 3.8) is 0 Å². The van der Waals surface area contributed by atoms with E-state index in [4.69, 9.17) is 27.9 Å². The number of benzene rings is 2. The highest BCUT2D eigenvalue weighted by molar-refractivity contribution is 8.00. The molecular weight excluding hydrogens is 437 g/mol. The minimum atomic E-state index is -0.298. The molecule has 0 radical (unpaired) electrons. The van der Waals surface area contributed by atoms with Gasteiger partial charge in [-0.1, -0.05) is 75.2 Å². The summed E-state index contributed by atoms with van der Waals surface area (Å²) in [6.07, 6.45) is 0.576. The first-order chi connectivity index (χ1) is 14.3. The van der Waals surface area contributed by atoms with Gasteiger partial charge in [0.05, 0.1) is 6.04 Å². The Morgan fingerprint density at radius 2 is 1.77 bits per heavy atom. The van der Waals surface area contributed by atoms with Crippen molar-refractivity contribution < 1.29 is 9.53 Å². The Labute approximate surface area is 194 Å². The minimum Gasteiger partial charge on any atom is -0.361 e. The number of halogens is 2. The molecule has 1 aliphatic rings. The summed E-state index contributed by atoms with van der Waals surface area (Å²) in [5, 5.41) is 2.11. The molecule has 0 saturated carbocycles. The van der Waals surface area contributed by atoms with E-state index in [1.165, 1.54) is 0 Å². The third kappa shape index (κ3) is 5.34. The molecule has 1 heterocycles. The molecule has 2 aromatic carbocycles. The van der Waals surface area contributed by atoms with Crippen LogP contribution in [0.2, 0.25) is 10.0 Å². The number of ether oxygens (including phenoxy) is 1. The van der Waals surface area contributed by atoms with E-state index in [0.29, 0.717) is 20.5 Å². The van der Waals surface area contributed by atoms with Crippen molar-refractivity contribution in [1.82, 2.24) is 4.90 Å². The molecule has 1 saturated heterocycles. The zero-order chi connectivity index (χ0) is 21.8. The summed E-state index contributed by atoms with van der Waals surface area (Å²) < 4.78 is 6.12. The van der Waals surface area contributed by atoms with Crippen LogP contribution in [0.15, 0.2) is 48.5 Å². The topological polar surface area (TPSA) is 29.5 Å². The van der Waals surface area contributed by atoms with Crippen LogP contribution >= 0.6 is 35.0 Å². The monoisotopic (exact) mass is 465 g/mol. The van der Waals surface area contributed by atoms with E-state index in [1.54, 1.807) is 0 Å². The SMILES string of the molecule is CCC(C(C)SC(C)C)N1C(=O)COC(c2cccc(Cl)c2)C1c1ccc(Cl)cc1. The normalized spacial score (nSPS) is 21.7. The van der Waals surface area contributed by atoms with E-state index in [2.05, 4.69) is 32.6 Å². The first-order valence-electron chi connectivity index (χ1n) is 10.4. The standard InChI is InChI=1S/C24H29Cl2NO2S/c1-5-21(16(4)30-15(2)3)27-22(28)14-29-24(18-7-6-8-20(26)13-18)23(27)17-9-11-19(25)12-10-17/h6-13,15-16,21,23-24H,5,14H2,1-4H3.